The van der Waals surface area contributed by atoms with Crippen LogP contribution in [0.3, 0.4) is 0 Å². The zero-order valence-electron chi connectivity index (χ0n) is 17.6. The first-order valence-electron chi connectivity index (χ1n) is 9.79. The largest absolute Gasteiger partial charge is 0.478 e. The van der Waals surface area contributed by atoms with Gasteiger partial charge in [-0.15, -0.1) is 0 Å². The van der Waals surface area contributed by atoms with Gasteiger partial charge in [0.05, 0.1) is 0 Å². The van der Waals surface area contributed by atoms with Crippen LogP contribution in [0.2, 0.25) is 0 Å². The van der Waals surface area contributed by atoms with Crippen molar-refractivity contribution in [2.45, 2.75) is 25.7 Å². The Hall–Kier alpha value is -3.25. The third-order valence-corrected chi connectivity index (χ3v) is 4.89. The number of fused-ring (bicyclic) bond motifs is 1. The minimum atomic E-state index is -1.26. The van der Waals surface area contributed by atoms with E-state index in [4.69, 9.17) is 10.2 Å². The summed E-state index contributed by atoms with van der Waals surface area (Å²) in [5, 5.41) is 15.6. The van der Waals surface area contributed by atoms with Crippen LogP contribution in [0.1, 0.15) is 36.1 Å². The number of hydrogen-bond acceptors (Lipinski definition) is 4. The zero-order chi connectivity index (χ0) is 22.1. The van der Waals surface area contributed by atoms with Crippen molar-refractivity contribution in [1.82, 2.24) is 9.88 Å². The molecule has 1 aromatic heterocycles. The Bertz CT molecular complexity index is 917. The number of benzene rings is 1. The normalized spacial score (nSPS) is 13.7. The van der Waals surface area contributed by atoms with E-state index in [0.29, 0.717) is 18.1 Å². The molecule has 0 bridgehead atoms. The summed E-state index contributed by atoms with van der Waals surface area (Å²) in [6.45, 7) is 3.39. The van der Waals surface area contributed by atoms with E-state index in [1.54, 1.807) is 5.57 Å². The molecule has 2 aromatic rings. The monoisotopic (exact) mass is 408 g/mol. The van der Waals surface area contributed by atoms with E-state index in [1.165, 1.54) is 16.7 Å². The van der Waals surface area contributed by atoms with E-state index in [1.807, 2.05) is 12.3 Å². The Kier molecular flexibility index (Phi) is 8.50. The van der Waals surface area contributed by atoms with Crippen molar-refractivity contribution in [3.8, 4) is 0 Å². The van der Waals surface area contributed by atoms with E-state index in [0.717, 1.165) is 25.1 Å². The van der Waals surface area contributed by atoms with Gasteiger partial charge in [-0.1, -0.05) is 42.8 Å². The van der Waals surface area contributed by atoms with Crippen LogP contribution in [0, 0.1) is 0 Å². The summed E-state index contributed by atoms with van der Waals surface area (Å²) < 4.78 is 0. The molecule has 0 aliphatic heterocycles. The number of aromatic nitrogens is 1. The van der Waals surface area contributed by atoms with Gasteiger partial charge >= 0.3 is 11.9 Å². The second-order valence-electron chi connectivity index (χ2n) is 7.39. The van der Waals surface area contributed by atoms with Crippen LogP contribution in [0.4, 0.5) is 0 Å². The van der Waals surface area contributed by atoms with Crippen LogP contribution in [0.15, 0.2) is 66.4 Å². The van der Waals surface area contributed by atoms with Crippen molar-refractivity contribution >= 4 is 17.5 Å². The molecule has 0 radical (unpaired) electrons. The molecule has 158 valence electrons. The van der Waals surface area contributed by atoms with Crippen molar-refractivity contribution in [1.29, 1.82) is 0 Å². The second-order valence-corrected chi connectivity index (χ2v) is 7.39. The molecule has 0 saturated heterocycles. The Balaban J connectivity index is 0.000000343. The van der Waals surface area contributed by atoms with E-state index < -0.39 is 11.9 Å². The Morgan fingerprint density at radius 2 is 1.70 bits per heavy atom. The predicted octanol–water partition coefficient (Wildman–Crippen LogP) is 3.86. The molecule has 1 aliphatic carbocycles. The maximum atomic E-state index is 9.55. The summed E-state index contributed by atoms with van der Waals surface area (Å²) in [5.41, 5.74) is 7.13. The van der Waals surface area contributed by atoms with Crippen LogP contribution >= 0.6 is 0 Å². The molecule has 3 rings (SSSR count). The zero-order valence-corrected chi connectivity index (χ0v) is 17.6. The van der Waals surface area contributed by atoms with E-state index in [2.05, 4.69) is 67.3 Å². The fourth-order valence-electron chi connectivity index (χ4n) is 3.50. The number of pyridine rings is 1. The topological polar surface area (TPSA) is 90.7 Å². The van der Waals surface area contributed by atoms with Crippen molar-refractivity contribution in [2.24, 2.45) is 0 Å². The van der Waals surface area contributed by atoms with Gasteiger partial charge in [-0.3, -0.25) is 4.98 Å². The number of allylic oxidation sites excluding steroid dienone is 1. The van der Waals surface area contributed by atoms with Gasteiger partial charge in [0.1, 0.15) is 0 Å². The van der Waals surface area contributed by atoms with E-state index in [-0.39, 0.29) is 0 Å². The van der Waals surface area contributed by atoms with E-state index >= 15 is 0 Å². The lowest BCUT2D eigenvalue weighted by atomic mass is 9.89. The third kappa shape index (κ3) is 6.67. The average molecular weight is 408 g/mol. The Morgan fingerprint density at radius 3 is 2.27 bits per heavy atom. The molecule has 2 N–H and O–H groups in total. The smallest absolute Gasteiger partial charge is 0.328 e. The highest BCUT2D eigenvalue weighted by atomic mass is 16.4. The molecule has 1 aromatic carbocycles. The van der Waals surface area contributed by atoms with Crippen molar-refractivity contribution in [3.05, 3.63) is 83.2 Å². The maximum absolute atomic E-state index is 9.55. The molecular weight excluding hydrogens is 380 g/mol. The molecule has 0 unspecified atom stereocenters. The average Bonchev–Trinajstić information content (AvgIpc) is 3.09. The third-order valence-electron chi connectivity index (χ3n) is 4.89. The second kappa shape index (κ2) is 11.1. The van der Waals surface area contributed by atoms with E-state index in [9.17, 15) is 9.59 Å². The number of aliphatic carboxylic acids is 2. The summed E-state index contributed by atoms with van der Waals surface area (Å²) >= 11 is 0. The molecule has 6 nitrogen and oxygen atoms in total. The predicted molar refractivity (Wildman–Crippen MR) is 117 cm³/mol. The number of hydrogen-bond donors (Lipinski definition) is 2. The maximum Gasteiger partial charge on any atom is 0.328 e. The quantitative estimate of drug-likeness (QED) is 0.676. The molecule has 30 heavy (non-hydrogen) atoms. The summed E-state index contributed by atoms with van der Waals surface area (Å²) in [6.07, 6.45) is 5.24. The Labute approximate surface area is 177 Å². The number of carboxylic acid groups (broad SMARTS) is 2. The van der Waals surface area contributed by atoms with Crippen LogP contribution in [0.25, 0.3) is 5.57 Å². The highest BCUT2D eigenvalue weighted by Crippen LogP contribution is 2.42. The molecule has 0 amide bonds. The number of rotatable bonds is 7. The van der Waals surface area contributed by atoms with Gasteiger partial charge in [0.25, 0.3) is 0 Å². The van der Waals surface area contributed by atoms with Crippen LogP contribution < -0.4 is 0 Å². The summed E-state index contributed by atoms with van der Waals surface area (Å²) in [5.74, 6) is -2.16. The lowest BCUT2D eigenvalue weighted by molar-refractivity contribution is -0.134. The molecular formula is C24H28N2O4. The van der Waals surface area contributed by atoms with Gasteiger partial charge < -0.3 is 15.1 Å². The molecule has 1 aliphatic rings. The highest BCUT2D eigenvalue weighted by molar-refractivity contribution is 5.89. The van der Waals surface area contributed by atoms with Crippen molar-refractivity contribution in [3.63, 3.8) is 0 Å². The number of nitrogens with zero attached hydrogens (tertiary/aromatic N) is 2. The van der Waals surface area contributed by atoms with Gasteiger partial charge in [0.2, 0.25) is 0 Å². The van der Waals surface area contributed by atoms with Gasteiger partial charge in [-0.05, 0) is 55.8 Å². The lowest BCUT2D eigenvalue weighted by Gasteiger charge is -2.18. The Morgan fingerprint density at radius 1 is 1.07 bits per heavy atom. The molecule has 1 heterocycles. The first kappa shape index (κ1) is 23.0. The SMILES string of the molecule is C[C@H](C1=C(CCN(C)C)Cc2ccccc21)c1ccccn1.O=C(O)/C=C\C(=O)O. The first-order valence-corrected chi connectivity index (χ1v) is 9.79. The standard InChI is InChI=1S/C20H24N2.C4H4O4/c1-15(19-10-6-7-12-21-19)20-17(11-13-22(2)3)14-16-8-4-5-9-18(16)20;5-3(6)1-2-4(7)8/h4-10,12,15H,11,13-14H2,1-3H3;1-2H,(H,5,6)(H,7,8)/b;2-1-/t15-;/m0./s1. The lowest BCUT2D eigenvalue weighted by Crippen LogP contribution is -2.14. The summed E-state index contributed by atoms with van der Waals surface area (Å²) in [4.78, 5) is 26.0. The fourth-order valence-corrected chi connectivity index (χ4v) is 3.50. The molecule has 0 saturated carbocycles. The number of carbonyl (C=O) groups is 2. The van der Waals surface area contributed by atoms with Gasteiger partial charge in [-0.25, -0.2) is 9.59 Å². The van der Waals surface area contributed by atoms with Crippen molar-refractivity contribution in [2.75, 3.05) is 20.6 Å². The highest BCUT2D eigenvalue weighted by Gasteiger charge is 2.26. The fraction of sp³-hybridized carbons (Fsp3) is 0.292. The molecule has 1 atom stereocenters. The van der Waals surface area contributed by atoms with Crippen molar-refractivity contribution < 1.29 is 19.8 Å². The van der Waals surface area contributed by atoms with Gasteiger partial charge in [0.15, 0.2) is 0 Å². The summed E-state index contributed by atoms with van der Waals surface area (Å²) in [6, 6.07) is 15.0. The first-order chi connectivity index (χ1) is 14.3. The molecule has 0 fully saturated rings. The molecule has 0 spiro atoms. The van der Waals surface area contributed by atoms with Gasteiger partial charge in [0, 0.05) is 36.5 Å². The summed E-state index contributed by atoms with van der Waals surface area (Å²) in [7, 11) is 4.29. The van der Waals surface area contributed by atoms with Crippen LogP contribution in [-0.2, 0) is 16.0 Å². The minimum Gasteiger partial charge on any atom is -0.478 e. The van der Waals surface area contributed by atoms with Crippen LogP contribution in [-0.4, -0.2) is 52.7 Å². The number of carboxylic acids is 2. The minimum absolute atomic E-state index is 0.349. The van der Waals surface area contributed by atoms with Gasteiger partial charge in [-0.2, -0.15) is 0 Å². The van der Waals surface area contributed by atoms with Crippen LogP contribution in [0.5, 0.6) is 0 Å². The molecule has 6 heteroatoms.